The van der Waals surface area contributed by atoms with Crippen LogP contribution in [0.4, 0.5) is 5.69 Å². The predicted molar refractivity (Wildman–Crippen MR) is 118 cm³/mol. The molecule has 4 nitrogen and oxygen atoms in total. The number of hydrogen-bond acceptors (Lipinski definition) is 4. The molecule has 3 aromatic carbocycles. The molecule has 152 valence electrons. The lowest BCUT2D eigenvalue weighted by Gasteiger charge is -2.13. The van der Waals surface area contributed by atoms with Crippen molar-refractivity contribution < 1.29 is 14.2 Å². The molecule has 0 saturated heterocycles. The van der Waals surface area contributed by atoms with Crippen molar-refractivity contribution >= 4 is 5.69 Å². The van der Waals surface area contributed by atoms with Gasteiger partial charge >= 0.3 is 0 Å². The summed E-state index contributed by atoms with van der Waals surface area (Å²) in [5, 5.41) is 3.45. The first-order valence-electron chi connectivity index (χ1n) is 10.1. The standard InChI is InChI=1S/C25H29NO3/c1-2-27-18-19-29-25-11-7-6-10-24(25)26-20-22-12-14-23(15-13-22)28-17-16-21-8-4-3-5-9-21/h3-15,26H,2,16-20H2,1H3. The van der Waals surface area contributed by atoms with Gasteiger partial charge in [0.15, 0.2) is 0 Å². The summed E-state index contributed by atoms with van der Waals surface area (Å²) in [6, 6.07) is 26.6. The van der Waals surface area contributed by atoms with Crippen molar-refractivity contribution in [2.24, 2.45) is 0 Å². The number of benzene rings is 3. The maximum absolute atomic E-state index is 5.86. The lowest BCUT2D eigenvalue weighted by molar-refractivity contribution is 0.110. The van der Waals surface area contributed by atoms with Gasteiger partial charge in [-0.15, -0.1) is 0 Å². The fraction of sp³-hybridized carbons (Fsp3) is 0.280. The maximum atomic E-state index is 5.86. The Morgan fingerprint density at radius 3 is 2.24 bits per heavy atom. The van der Waals surface area contributed by atoms with E-state index in [2.05, 4.69) is 41.7 Å². The first-order chi connectivity index (χ1) is 14.3. The Kier molecular flexibility index (Phi) is 8.42. The number of ether oxygens (including phenoxy) is 3. The van der Waals surface area contributed by atoms with Crippen LogP contribution < -0.4 is 14.8 Å². The minimum atomic E-state index is 0.543. The van der Waals surface area contributed by atoms with Crippen LogP contribution in [0, 0.1) is 0 Å². The molecule has 0 heterocycles. The molecule has 0 aliphatic heterocycles. The average molecular weight is 392 g/mol. The van der Waals surface area contributed by atoms with E-state index in [1.165, 1.54) is 11.1 Å². The number of hydrogen-bond donors (Lipinski definition) is 1. The summed E-state index contributed by atoms with van der Waals surface area (Å²) in [6.07, 6.45) is 0.907. The summed E-state index contributed by atoms with van der Waals surface area (Å²) in [6.45, 7) is 5.21. The van der Waals surface area contributed by atoms with E-state index in [4.69, 9.17) is 14.2 Å². The zero-order valence-electron chi connectivity index (χ0n) is 17.0. The molecule has 3 rings (SSSR count). The maximum Gasteiger partial charge on any atom is 0.142 e. The van der Waals surface area contributed by atoms with Crippen LogP contribution in [0.25, 0.3) is 0 Å². The lowest BCUT2D eigenvalue weighted by atomic mass is 10.2. The topological polar surface area (TPSA) is 39.7 Å². The average Bonchev–Trinajstić information content (AvgIpc) is 2.78. The van der Waals surface area contributed by atoms with E-state index in [0.717, 1.165) is 30.2 Å². The monoisotopic (exact) mass is 391 g/mol. The molecule has 0 aromatic heterocycles. The number of nitrogens with one attached hydrogen (secondary N) is 1. The van der Waals surface area contributed by atoms with Crippen LogP contribution in [0.2, 0.25) is 0 Å². The van der Waals surface area contributed by atoms with Gasteiger partial charge in [0.1, 0.15) is 18.1 Å². The molecule has 1 N–H and O–H groups in total. The van der Waals surface area contributed by atoms with E-state index in [0.29, 0.717) is 26.4 Å². The Morgan fingerprint density at radius 1 is 0.690 bits per heavy atom. The molecule has 0 amide bonds. The molecule has 0 aliphatic rings. The summed E-state index contributed by atoms with van der Waals surface area (Å²) < 4.78 is 17.0. The van der Waals surface area contributed by atoms with Crippen molar-refractivity contribution in [3.05, 3.63) is 90.0 Å². The van der Waals surface area contributed by atoms with Gasteiger partial charge in [-0.3, -0.25) is 0 Å². The highest BCUT2D eigenvalue weighted by atomic mass is 16.5. The summed E-state index contributed by atoms with van der Waals surface area (Å²) >= 11 is 0. The van der Waals surface area contributed by atoms with Gasteiger partial charge in [-0.2, -0.15) is 0 Å². The first-order valence-corrected chi connectivity index (χ1v) is 10.1. The van der Waals surface area contributed by atoms with E-state index in [1.54, 1.807) is 0 Å². The minimum Gasteiger partial charge on any atom is -0.493 e. The Balaban J connectivity index is 1.45. The third-order valence-electron chi connectivity index (χ3n) is 4.49. The highest BCUT2D eigenvalue weighted by molar-refractivity contribution is 5.56. The first kappa shape index (κ1) is 20.7. The molecule has 0 aliphatic carbocycles. The highest BCUT2D eigenvalue weighted by Gasteiger charge is 2.03. The number of para-hydroxylation sites is 2. The van der Waals surface area contributed by atoms with Crippen molar-refractivity contribution in [2.75, 3.05) is 31.7 Å². The van der Waals surface area contributed by atoms with Crippen LogP contribution >= 0.6 is 0 Å². The van der Waals surface area contributed by atoms with E-state index in [9.17, 15) is 0 Å². The summed E-state index contributed by atoms with van der Waals surface area (Å²) in [5.41, 5.74) is 3.45. The second-order valence-electron chi connectivity index (χ2n) is 6.62. The molecule has 0 unspecified atom stereocenters. The second-order valence-corrected chi connectivity index (χ2v) is 6.62. The van der Waals surface area contributed by atoms with Crippen molar-refractivity contribution in [2.45, 2.75) is 19.9 Å². The molecule has 3 aromatic rings. The van der Waals surface area contributed by atoms with Crippen molar-refractivity contribution in [3.63, 3.8) is 0 Å². The summed E-state index contributed by atoms with van der Waals surface area (Å²) in [4.78, 5) is 0. The van der Waals surface area contributed by atoms with Gasteiger partial charge in [-0.25, -0.2) is 0 Å². The summed E-state index contributed by atoms with van der Waals surface area (Å²) in [5.74, 6) is 1.73. The van der Waals surface area contributed by atoms with Gasteiger partial charge in [0, 0.05) is 19.6 Å². The van der Waals surface area contributed by atoms with Crippen LogP contribution in [0.5, 0.6) is 11.5 Å². The molecule has 0 radical (unpaired) electrons. The highest BCUT2D eigenvalue weighted by Crippen LogP contribution is 2.24. The van der Waals surface area contributed by atoms with Crippen LogP contribution in [-0.4, -0.2) is 26.4 Å². The quantitative estimate of drug-likeness (QED) is 0.423. The minimum absolute atomic E-state index is 0.543. The van der Waals surface area contributed by atoms with Crippen molar-refractivity contribution in [1.29, 1.82) is 0 Å². The summed E-state index contributed by atoms with van der Waals surface area (Å²) in [7, 11) is 0. The van der Waals surface area contributed by atoms with Gasteiger partial charge in [-0.05, 0) is 42.3 Å². The van der Waals surface area contributed by atoms with E-state index >= 15 is 0 Å². The van der Waals surface area contributed by atoms with Gasteiger partial charge in [0.05, 0.1) is 18.9 Å². The molecule has 0 bridgehead atoms. The zero-order valence-corrected chi connectivity index (χ0v) is 17.0. The molecule has 29 heavy (non-hydrogen) atoms. The molecular weight excluding hydrogens is 362 g/mol. The van der Waals surface area contributed by atoms with Crippen LogP contribution in [0.3, 0.4) is 0 Å². The van der Waals surface area contributed by atoms with Gasteiger partial charge < -0.3 is 19.5 Å². The second kappa shape index (κ2) is 11.8. The van der Waals surface area contributed by atoms with Crippen molar-refractivity contribution in [1.82, 2.24) is 0 Å². The number of rotatable bonds is 12. The molecule has 0 atom stereocenters. The molecule has 4 heteroatoms. The molecular formula is C25H29NO3. The third-order valence-corrected chi connectivity index (χ3v) is 4.49. The molecule has 0 saturated carbocycles. The SMILES string of the molecule is CCOCCOc1ccccc1NCc1ccc(OCCc2ccccc2)cc1. The Hall–Kier alpha value is -2.98. The van der Waals surface area contributed by atoms with Crippen LogP contribution in [0.15, 0.2) is 78.9 Å². The van der Waals surface area contributed by atoms with Crippen LogP contribution in [0.1, 0.15) is 18.1 Å². The fourth-order valence-corrected chi connectivity index (χ4v) is 2.93. The van der Waals surface area contributed by atoms with Gasteiger partial charge in [0.25, 0.3) is 0 Å². The third kappa shape index (κ3) is 7.16. The van der Waals surface area contributed by atoms with Crippen molar-refractivity contribution in [3.8, 4) is 11.5 Å². The van der Waals surface area contributed by atoms with E-state index < -0.39 is 0 Å². The fourth-order valence-electron chi connectivity index (χ4n) is 2.93. The van der Waals surface area contributed by atoms with E-state index in [-0.39, 0.29) is 0 Å². The largest absolute Gasteiger partial charge is 0.493 e. The van der Waals surface area contributed by atoms with Gasteiger partial charge in [-0.1, -0.05) is 54.6 Å². The molecule has 0 fully saturated rings. The smallest absolute Gasteiger partial charge is 0.142 e. The van der Waals surface area contributed by atoms with E-state index in [1.807, 2.05) is 49.4 Å². The Labute approximate surface area is 173 Å². The molecule has 0 spiro atoms. The van der Waals surface area contributed by atoms with Gasteiger partial charge in [0.2, 0.25) is 0 Å². The Morgan fingerprint density at radius 2 is 1.45 bits per heavy atom. The lowest BCUT2D eigenvalue weighted by Crippen LogP contribution is -2.08. The zero-order chi connectivity index (χ0) is 20.2. The number of anilines is 1. The normalized spacial score (nSPS) is 10.5. The van der Waals surface area contributed by atoms with Crippen LogP contribution in [-0.2, 0) is 17.7 Å². The predicted octanol–water partition coefficient (Wildman–Crippen LogP) is 5.34. The Bertz CT molecular complexity index is 834.